The van der Waals surface area contributed by atoms with Gasteiger partial charge in [-0.25, -0.2) is 0 Å². The Hall–Kier alpha value is -2.92. The van der Waals surface area contributed by atoms with Crippen LogP contribution in [-0.4, -0.2) is 18.8 Å². The third-order valence-electron chi connectivity index (χ3n) is 3.86. The van der Waals surface area contributed by atoms with Crippen molar-refractivity contribution in [2.45, 2.75) is 0 Å². The van der Waals surface area contributed by atoms with Crippen molar-refractivity contribution in [3.05, 3.63) is 94.0 Å². The van der Waals surface area contributed by atoms with Crippen LogP contribution in [0.15, 0.2) is 77.3 Å². The van der Waals surface area contributed by atoms with Crippen LogP contribution in [0.3, 0.4) is 0 Å². The van der Waals surface area contributed by atoms with Crippen LogP contribution in [0, 0.1) is 0 Å². The number of hydrogen-bond acceptors (Lipinski definition) is 3. The van der Waals surface area contributed by atoms with Gasteiger partial charge in [0.25, 0.3) is 5.91 Å². The van der Waals surface area contributed by atoms with Crippen molar-refractivity contribution in [3.8, 4) is 5.75 Å². The van der Waals surface area contributed by atoms with Crippen LogP contribution in [0.2, 0.25) is 0 Å². The lowest BCUT2D eigenvalue weighted by molar-refractivity contribution is 0.102. The molecule has 0 bridgehead atoms. The van der Waals surface area contributed by atoms with Crippen LogP contribution in [0.4, 0.5) is 5.69 Å². The first-order valence-corrected chi connectivity index (χ1v) is 8.72. The summed E-state index contributed by atoms with van der Waals surface area (Å²) >= 11 is 3.39. The zero-order valence-corrected chi connectivity index (χ0v) is 15.6. The summed E-state index contributed by atoms with van der Waals surface area (Å²) in [7, 11) is 1.57. The molecule has 0 atom stereocenters. The molecule has 0 radical (unpaired) electrons. The van der Waals surface area contributed by atoms with E-state index in [1.807, 2.05) is 6.07 Å². The summed E-state index contributed by atoms with van der Waals surface area (Å²) in [5, 5.41) is 2.82. The van der Waals surface area contributed by atoms with Crippen LogP contribution in [-0.2, 0) is 0 Å². The van der Waals surface area contributed by atoms with Gasteiger partial charge in [-0.1, -0.05) is 46.3 Å². The Balaban J connectivity index is 1.90. The van der Waals surface area contributed by atoms with Gasteiger partial charge >= 0.3 is 0 Å². The first kappa shape index (κ1) is 17.9. The predicted octanol–water partition coefficient (Wildman–Crippen LogP) is 4.94. The Kier molecular flexibility index (Phi) is 5.49. The zero-order chi connectivity index (χ0) is 18.5. The van der Waals surface area contributed by atoms with Gasteiger partial charge in [-0.15, -0.1) is 0 Å². The number of amides is 1. The van der Waals surface area contributed by atoms with Crippen LogP contribution >= 0.6 is 15.9 Å². The highest BCUT2D eigenvalue weighted by molar-refractivity contribution is 9.10. The Morgan fingerprint density at radius 1 is 0.885 bits per heavy atom. The number of carbonyl (C=O) groups is 2. The molecule has 0 unspecified atom stereocenters. The molecule has 0 aliphatic rings. The molecule has 0 heterocycles. The van der Waals surface area contributed by atoms with Gasteiger partial charge in [0.05, 0.1) is 12.8 Å². The molecular weight excluding hydrogens is 394 g/mol. The number of hydrogen-bond donors (Lipinski definition) is 1. The number of rotatable bonds is 5. The highest BCUT2D eigenvalue weighted by Crippen LogP contribution is 2.25. The highest BCUT2D eigenvalue weighted by Gasteiger charge is 2.16. The molecule has 0 saturated heterocycles. The summed E-state index contributed by atoms with van der Waals surface area (Å²) in [4.78, 5) is 25.4. The van der Waals surface area contributed by atoms with Crippen LogP contribution in [0.25, 0.3) is 0 Å². The Morgan fingerprint density at radius 2 is 1.58 bits per heavy atom. The third-order valence-corrected chi connectivity index (χ3v) is 4.36. The van der Waals surface area contributed by atoms with Gasteiger partial charge < -0.3 is 10.1 Å². The lowest BCUT2D eigenvalue weighted by atomic mass is 10.0. The van der Waals surface area contributed by atoms with Gasteiger partial charge in [0.1, 0.15) is 5.75 Å². The quantitative estimate of drug-likeness (QED) is 0.607. The molecule has 4 nitrogen and oxygen atoms in total. The summed E-state index contributed by atoms with van der Waals surface area (Å²) in [6.07, 6.45) is 0. The lowest BCUT2D eigenvalue weighted by Gasteiger charge is -2.12. The van der Waals surface area contributed by atoms with Crippen molar-refractivity contribution in [2.75, 3.05) is 12.4 Å². The van der Waals surface area contributed by atoms with E-state index in [4.69, 9.17) is 4.74 Å². The van der Waals surface area contributed by atoms with E-state index in [0.717, 1.165) is 4.47 Å². The molecule has 0 aliphatic heterocycles. The van der Waals surface area contributed by atoms with E-state index in [-0.39, 0.29) is 11.7 Å². The summed E-state index contributed by atoms with van der Waals surface area (Å²) in [5.74, 6) is 0.221. The molecule has 5 heteroatoms. The van der Waals surface area contributed by atoms with E-state index in [1.165, 1.54) is 0 Å². The minimum absolute atomic E-state index is 0.156. The summed E-state index contributed by atoms with van der Waals surface area (Å²) < 4.78 is 5.86. The molecule has 130 valence electrons. The van der Waals surface area contributed by atoms with E-state index in [1.54, 1.807) is 73.8 Å². The van der Waals surface area contributed by atoms with Gasteiger partial charge in [-0.3, -0.25) is 9.59 Å². The van der Waals surface area contributed by atoms with Gasteiger partial charge in [0, 0.05) is 21.2 Å². The Labute approximate surface area is 159 Å². The molecular formula is C21H16BrNO3. The normalized spacial score (nSPS) is 10.2. The summed E-state index contributed by atoms with van der Waals surface area (Å²) in [6, 6.07) is 20.9. The molecule has 0 fully saturated rings. The number of carbonyl (C=O) groups excluding carboxylic acids is 2. The van der Waals surface area contributed by atoms with Gasteiger partial charge in [0.2, 0.25) is 0 Å². The van der Waals surface area contributed by atoms with Gasteiger partial charge in [-0.2, -0.15) is 0 Å². The van der Waals surface area contributed by atoms with E-state index >= 15 is 0 Å². The topological polar surface area (TPSA) is 55.4 Å². The summed E-state index contributed by atoms with van der Waals surface area (Å²) in [6.45, 7) is 0. The number of nitrogens with one attached hydrogen (secondary N) is 1. The largest absolute Gasteiger partial charge is 0.497 e. The molecule has 3 aromatic carbocycles. The SMILES string of the molecule is COc1ccc(C(=O)Nc2ccc(Br)cc2C(=O)c2ccccc2)cc1. The molecule has 0 spiro atoms. The van der Waals surface area contributed by atoms with Crippen molar-refractivity contribution in [3.63, 3.8) is 0 Å². The van der Waals surface area contributed by atoms with Crippen molar-refractivity contribution in [1.82, 2.24) is 0 Å². The van der Waals surface area contributed by atoms with Crippen LogP contribution < -0.4 is 10.1 Å². The molecule has 1 amide bonds. The van der Waals surface area contributed by atoms with Crippen molar-refractivity contribution in [1.29, 1.82) is 0 Å². The minimum Gasteiger partial charge on any atom is -0.497 e. The molecule has 0 aliphatic carbocycles. The molecule has 0 aromatic heterocycles. The monoisotopic (exact) mass is 409 g/mol. The number of halogens is 1. The second-order valence-electron chi connectivity index (χ2n) is 5.57. The van der Waals surface area contributed by atoms with E-state index < -0.39 is 0 Å². The van der Waals surface area contributed by atoms with E-state index in [9.17, 15) is 9.59 Å². The average molecular weight is 410 g/mol. The average Bonchev–Trinajstić information content (AvgIpc) is 2.69. The van der Waals surface area contributed by atoms with Gasteiger partial charge in [-0.05, 0) is 42.5 Å². The van der Waals surface area contributed by atoms with Crippen molar-refractivity contribution in [2.24, 2.45) is 0 Å². The third kappa shape index (κ3) is 4.00. The Morgan fingerprint density at radius 3 is 2.23 bits per heavy atom. The standard InChI is InChI=1S/C21H16BrNO3/c1-26-17-10-7-15(8-11-17)21(25)23-19-12-9-16(22)13-18(19)20(24)14-5-3-2-4-6-14/h2-13H,1H3,(H,23,25). The second-order valence-corrected chi connectivity index (χ2v) is 6.48. The summed E-state index contributed by atoms with van der Waals surface area (Å²) in [5.41, 5.74) is 1.92. The highest BCUT2D eigenvalue weighted by atomic mass is 79.9. The maximum atomic E-state index is 12.8. The zero-order valence-electron chi connectivity index (χ0n) is 14.0. The van der Waals surface area contributed by atoms with Crippen LogP contribution in [0.1, 0.15) is 26.3 Å². The van der Waals surface area contributed by atoms with Crippen molar-refractivity contribution >= 4 is 33.3 Å². The molecule has 0 saturated carbocycles. The molecule has 3 rings (SSSR count). The van der Waals surface area contributed by atoms with E-state index in [2.05, 4.69) is 21.2 Å². The number of ether oxygens (including phenoxy) is 1. The first-order chi connectivity index (χ1) is 12.6. The molecule has 3 aromatic rings. The molecule has 26 heavy (non-hydrogen) atoms. The number of benzene rings is 3. The smallest absolute Gasteiger partial charge is 0.255 e. The maximum absolute atomic E-state index is 12.8. The van der Waals surface area contributed by atoms with Gasteiger partial charge in [0.15, 0.2) is 5.78 Å². The van der Waals surface area contributed by atoms with Crippen LogP contribution in [0.5, 0.6) is 5.75 Å². The number of anilines is 1. The fourth-order valence-electron chi connectivity index (χ4n) is 2.50. The maximum Gasteiger partial charge on any atom is 0.255 e. The van der Waals surface area contributed by atoms with E-state index in [0.29, 0.717) is 28.1 Å². The Bertz CT molecular complexity index is 937. The lowest BCUT2D eigenvalue weighted by Crippen LogP contribution is -2.15. The second kappa shape index (κ2) is 7.97. The number of ketones is 1. The van der Waals surface area contributed by atoms with Crippen molar-refractivity contribution < 1.29 is 14.3 Å². The fourth-order valence-corrected chi connectivity index (χ4v) is 2.86. The molecule has 1 N–H and O–H groups in total. The number of methoxy groups -OCH3 is 1. The first-order valence-electron chi connectivity index (χ1n) is 7.93. The predicted molar refractivity (Wildman–Crippen MR) is 105 cm³/mol. The fraction of sp³-hybridized carbons (Fsp3) is 0.0476. The minimum atomic E-state index is -0.294.